The Kier molecular flexibility index (Phi) is 5.36. The van der Waals surface area contributed by atoms with E-state index >= 15 is 0 Å². The Morgan fingerprint density at radius 1 is 1.44 bits per heavy atom. The van der Waals surface area contributed by atoms with E-state index in [2.05, 4.69) is 15.0 Å². The Labute approximate surface area is 114 Å². The molecule has 0 atom stereocenters. The molecule has 0 aliphatic carbocycles. The second kappa shape index (κ2) is 6.55. The van der Waals surface area contributed by atoms with Gasteiger partial charge in [0.2, 0.25) is 0 Å². The molecule has 0 unspecified atom stereocenters. The summed E-state index contributed by atoms with van der Waals surface area (Å²) in [5.74, 6) is -0.631. The van der Waals surface area contributed by atoms with Gasteiger partial charge in [0, 0.05) is 13.1 Å². The second-order valence-corrected chi connectivity index (χ2v) is 4.82. The van der Waals surface area contributed by atoms with Gasteiger partial charge in [-0.05, 0) is 13.8 Å². The zero-order valence-corrected chi connectivity index (χ0v) is 11.9. The molecule has 0 spiro atoms. The predicted octanol–water partition coefficient (Wildman–Crippen LogP) is 2.46. The number of hydrogen-bond donors (Lipinski definition) is 1. The molecule has 0 saturated heterocycles. The first kappa shape index (κ1) is 14.7. The molecule has 2 amide bonds. The van der Waals surface area contributed by atoms with Crippen molar-refractivity contribution >= 4 is 39.9 Å². The van der Waals surface area contributed by atoms with Crippen molar-refractivity contribution in [2.24, 2.45) is 0 Å². The molecule has 0 fully saturated rings. The molecule has 1 aromatic heterocycles. The number of carbonyl (C=O) groups is 2. The lowest BCUT2D eigenvalue weighted by molar-refractivity contribution is 0.0596. The average molecular weight is 292 g/mol. The molecule has 0 radical (unpaired) electrons. The summed E-state index contributed by atoms with van der Waals surface area (Å²) in [7, 11) is 1.24. The van der Waals surface area contributed by atoms with Gasteiger partial charge in [-0.3, -0.25) is 5.32 Å². The van der Waals surface area contributed by atoms with E-state index in [0.717, 1.165) is 11.3 Å². The summed E-state index contributed by atoms with van der Waals surface area (Å²) in [6.07, 6.45) is 0. The van der Waals surface area contributed by atoms with E-state index in [9.17, 15) is 9.59 Å². The Morgan fingerprint density at radius 3 is 2.56 bits per heavy atom. The number of amides is 2. The summed E-state index contributed by atoms with van der Waals surface area (Å²) >= 11 is 6.75. The molecule has 8 heteroatoms. The number of carbonyl (C=O) groups excluding carboxylic acids is 2. The van der Waals surface area contributed by atoms with E-state index in [4.69, 9.17) is 11.6 Å². The highest BCUT2D eigenvalue weighted by Gasteiger charge is 2.21. The minimum atomic E-state index is -0.631. The number of thiazole rings is 1. The van der Waals surface area contributed by atoms with Gasteiger partial charge in [0.25, 0.3) is 0 Å². The number of methoxy groups -OCH3 is 1. The molecular weight excluding hydrogens is 278 g/mol. The Morgan fingerprint density at radius 2 is 2.06 bits per heavy atom. The van der Waals surface area contributed by atoms with Gasteiger partial charge in [0.05, 0.1) is 7.11 Å². The van der Waals surface area contributed by atoms with Gasteiger partial charge in [-0.2, -0.15) is 0 Å². The van der Waals surface area contributed by atoms with E-state index < -0.39 is 5.97 Å². The molecule has 18 heavy (non-hydrogen) atoms. The summed E-state index contributed by atoms with van der Waals surface area (Å²) in [6, 6.07) is -0.300. The van der Waals surface area contributed by atoms with Gasteiger partial charge < -0.3 is 9.64 Å². The number of urea groups is 1. The van der Waals surface area contributed by atoms with Gasteiger partial charge in [0.1, 0.15) is 5.00 Å². The average Bonchev–Trinajstić information content (AvgIpc) is 2.70. The number of aromatic nitrogens is 1. The van der Waals surface area contributed by atoms with Crippen LogP contribution in [0.2, 0.25) is 4.47 Å². The van der Waals surface area contributed by atoms with Crippen molar-refractivity contribution in [1.29, 1.82) is 0 Å². The summed E-state index contributed by atoms with van der Waals surface area (Å²) in [5, 5.41) is 2.90. The lowest BCUT2D eigenvalue weighted by Crippen LogP contribution is -2.34. The highest BCUT2D eigenvalue weighted by Crippen LogP contribution is 2.28. The van der Waals surface area contributed by atoms with E-state index in [1.807, 2.05) is 13.8 Å². The van der Waals surface area contributed by atoms with Gasteiger partial charge >= 0.3 is 12.0 Å². The van der Waals surface area contributed by atoms with Crippen LogP contribution in [-0.4, -0.2) is 42.1 Å². The van der Waals surface area contributed by atoms with Gasteiger partial charge in [-0.25, -0.2) is 14.6 Å². The smallest absolute Gasteiger partial charge is 0.359 e. The third-order valence-corrected chi connectivity index (χ3v) is 3.33. The Bertz CT molecular complexity index is 446. The molecule has 100 valence electrons. The van der Waals surface area contributed by atoms with Crippen LogP contribution < -0.4 is 5.32 Å². The number of nitrogens with zero attached hydrogens (tertiary/aromatic N) is 2. The minimum absolute atomic E-state index is 0.0213. The molecule has 1 N–H and O–H groups in total. The molecule has 1 aromatic rings. The van der Waals surface area contributed by atoms with Crippen molar-refractivity contribution in [2.75, 3.05) is 25.5 Å². The van der Waals surface area contributed by atoms with Crippen LogP contribution >= 0.6 is 22.9 Å². The van der Waals surface area contributed by atoms with Crippen molar-refractivity contribution in [1.82, 2.24) is 9.88 Å². The molecule has 1 heterocycles. The van der Waals surface area contributed by atoms with Crippen molar-refractivity contribution in [3.63, 3.8) is 0 Å². The molecule has 0 aromatic carbocycles. The predicted molar refractivity (Wildman–Crippen MR) is 70.4 cm³/mol. The second-order valence-electron chi connectivity index (χ2n) is 3.24. The number of rotatable bonds is 4. The first-order valence-electron chi connectivity index (χ1n) is 5.34. The third kappa shape index (κ3) is 3.33. The summed E-state index contributed by atoms with van der Waals surface area (Å²) in [4.78, 5) is 28.7. The van der Waals surface area contributed by atoms with Gasteiger partial charge in [-0.15, -0.1) is 0 Å². The van der Waals surface area contributed by atoms with Crippen LogP contribution in [0.5, 0.6) is 0 Å². The number of nitrogens with one attached hydrogen (secondary N) is 1. The zero-order valence-electron chi connectivity index (χ0n) is 10.3. The monoisotopic (exact) mass is 291 g/mol. The first-order chi connectivity index (χ1) is 8.53. The Hall–Kier alpha value is -1.34. The number of halogens is 1. The van der Waals surface area contributed by atoms with Crippen molar-refractivity contribution in [3.05, 3.63) is 10.2 Å². The fourth-order valence-electron chi connectivity index (χ4n) is 1.30. The van der Waals surface area contributed by atoms with Crippen LogP contribution in [0.1, 0.15) is 24.3 Å². The van der Waals surface area contributed by atoms with Crippen LogP contribution in [-0.2, 0) is 4.74 Å². The first-order valence-corrected chi connectivity index (χ1v) is 6.53. The third-order valence-electron chi connectivity index (χ3n) is 2.25. The minimum Gasteiger partial charge on any atom is -0.464 e. The quantitative estimate of drug-likeness (QED) is 0.865. The van der Waals surface area contributed by atoms with Gasteiger partial charge in [0.15, 0.2) is 10.2 Å². The van der Waals surface area contributed by atoms with Crippen LogP contribution in [0.4, 0.5) is 9.80 Å². The van der Waals surface area contributed by atoms with E-state index in [1.165, 1.54) is 7.11 Å². The number of ether oxygens (including phenoxy) is 1. The SMILES string of the molecule is CCN(CC)C(=O)Nc1sc(Cl)nc1C(=O)OC. The molecule has 0 bridgehead atoms. The lowest BCUT2D eigenvalue weighted by atomic mass is 10.4. The molecule has 0 aliphatic heterocycles. The zero-order chi connectivity index (χ0) is 13.7. The maximum Gasteiger partial charge on any atom is 0.359 e. The largest absolute Gasteiger partial charge is 0.464 e. The number of hydrogen-bond acceptors (Lipinski definition) is 5. The fraction of sp³-hybridized carbons (Fsp3) is 0.500. The molecule has 1 rings (SSSR count). The standard InChI is InChI=1S/C10H14ClN3O3S/c1-4-14(5-2)10(16)13-7-6(8(15)17-3)12-9(11)18-7/h4-5H2,1-3H3,(H,13,16). The highest BCUT2D eigenvalue weighted by molar-refractivity contribution is 7.20. The van der Waals surface area contributed by atoms with E-state index in [-0.39, 0.29) is 16.2 Å². The van der Waals surface area contributed by atoms with E-state index in [1.54, 1.807) is 4.90 Å². The lowest BCUT2D eigenvalue weighted by Gasteiger charge is -2.18. The Balaban J connectivity index is 2.90. The van der Waals surface area contributed by atoms with E-state index in [0.29, 0.717) is 18.1 Å². The molecule has 0 aliphatic rings. The van der Waals surface area contributed by atoms with Gasteiger partial charge in [-0.1, -0.05) is 22.9 Å². The van der Waals surface area contributed by atoms with Crippen molar-refractivity contribution in [2.45, 2.75) is 13.8 Å². The number of anilines is 1. The maximum atomic E-state index is 11.8. The molecule has 6 nitrogen and oxygen atoms in total. The summed E-state index contributed by atoms with van der Waals surface area (Å²) < 4.78 is 4.74. The van der Waals surface area contributed by atoms with Crippen molar-refractivity contribution in [3.8, 4) is 0 Å². The summed E-state index contributed by atoms with van der Waals surface area (Å²) in [5.41, 5.74) is 0.0213. The maximum absolute atomic E-state index is 11.8. The van der Waals surface area contributed by atoms with Crippen LogP contribution in [0.15, 0.2) is 0 Å². The topological polar surface area (TPSA) is 71.5 Å². The van der Waals surface area contributed by atoms with Crippen LogP contribution in [0.25, 0.3) is 0 Å². The summed E-state index contributed by atoms with van der Waals surface area (Å²) in [6.45, 7) is 4.87. The normalized spacial score (nSPS) is 10.0. The molecule has 0 saturated carbocycles. The van der Waals surface area contributed by atoms with Crippen LogP contribution in [0.3, 0.4) is 0 Å². The fourth-order valence-corrected chi connectivity index (χ4v) is 2.29. The van der Waals surface area contributed by atoms with Crippen LogP contribution in [0, 0.1) is 0 Å². The molecular formula is C10H14ClN3O3S. The van der Waals surface area contributed by atoms with Crippen molar-refractivity contribution < 1.29 is 14.3 Å². The highest BCUT2D eigenvalue weighted by atomic mass is 35.5. The number of esters is 1.